The zero-order valence-electron chi connectivity index (χ0n) is 15.8. The van der Waals surface area contributed by atoms with Crippen molar-refractivity contribution in [2.24, 2.45) is 4.99 Å². The smallest absolute Gasteiger partial charge is 0.289 e. The zero-order chi connectivity index (χ0) is 20.1. The highest BCUT2D eigenvalue weighted by Gasteiger charge is 2.16. The van der Waals surface area contributed by atoms with Crippen molar-refractivity contribution in [1.29, 1.82) is 0 Å². The number of hydrogen-bond donors (Lipinski definition) is 0. The number of carbonyl (C=O) groups is 1. The molecular formula is C21H20N2O4S. The van der Waals surface area contributed by atoms with Crippen LogP contribution in [0.5, 0.6) is 17.2 Å². The van der Waals surface area contributed by atoms with E-state index in [2.05, 4.69) is 10.9 Å². The molecule has 3 rings (SSSR count). The van der Waals surface area contributed by atoms with Gasteiger partial charge in [-0.25, -0.2) is 0 Å². The van der Waals surface area contributed by atoms with E-state index in [9.17, 15) is 4.79 Å². The molecule has 144 valence electrons. The lowest BCUT2D eigenvalue weighted by Gasteiger charge is -2.10. The van der Waals surface area contributed by atoms with E-state index < -0.39 is 6.10 Å². The van der Waals surface area contributed by atoms with Crippen LogP contribution in [0.3, 0.4) is 0 Å². The van der Waals surface area contributed by atoms with Gasteiger partial charge in [0.15, 0.2) is 22.4 Å². The van der Waals surface area contributed by atoms with Gasteiger partial charge in [0.05, 0.1) is 31.0 Å². The molecule has 28 heavy (non-hydrogen) atoms. The number of carbonyl (C=O) groups excluding carboxylic acids is 1. The van der Waals surface area contributed by atoms with Crippen molar-refractivity contribution in [1.82, 2.24) is 4.57 Å². The first-order valence-corrected chi connectivity index (χ1v) is 9.38. The predicted octanol–water partition coefficient (Wildman–Crippen LogP) is 3.25. The Bertz CT molecular complexity index is 1090. The Balaban J connectivity index is 2.02. The van der Waals surface area contributed by atoms with E-state index in [0.29, 0.717) is 22.0 Å². The molecule has 7 heteroatoms. The fourth-order valence-corrected chi connectivity index (χ4v) is 3.71. The van der Waals surface area contributed by atoms with Gasteiger partial charge in [-0.15, -0.1) is 6.42 Å². The van der Waals surface area contributed by atoms with Crippen molar-refractivity contribution in [3.63, 3.8) is 0 Å². The maximum atomic E-state index is 12.6. The summed E-state index contributed by atoms with van der Waals surface area (Å²) in [7, 11) is 3.14. The van der Waals surface area contributed by atoms with Gasteiger partial charge in [0.1, 0.15) is 5.75 Å². The maximum absolute atomic E-state index is 12.6. The second kappa shape index (κ2) is 8.63. The van der Waals surface area contributed by atoms with Crippen LogP contribution in [0.25, 0.3) is 10.2 Å². The van der Waals surface area contributed by atoms with Gasteiger partial charge in [0.2, 0.25) is 0 Å². The van der Waals surface area contributed by atoms with Gasteiger partial charge in [0.25, 0.3) is 5.91 Å². The Kier molecular flexibility index (Phi) is 6.02. The molecule has 1 atom stereocenters. The number of nitrogens with zero attached hydrogens (tertiary/aromatic N) is 2. The molecule has 0 aliphatic heterocycles. The first-order chi connectivity index (χ1) is 13.6. The number of fused-ring (bicyclic) bond motifs is 1. The summed E-state index contributed by atoms with van der Waals surface area (Å²) in [6.45, 7) is 1.94. The van der Waals surface area contributed by atoms with Crippen molar-refractivity contribution in [3.05, 3.63) is 47.3 Å². The lowest BCUT2D eigenvalue weighted by molar-refractivity contribution is -0.124. The summed E-state index contributed by atoms with van der Waals surface area (Å²) in [4.78, 5) is 17.4. The van der Waals surface area contributed by atoms with Crippen LogP contribution in [0.2, 0.25) is 0 Å². The molecule has 0 bridgehead atoms. The Labute approximate surface area is 167 Å². The van der Waals surface area contributed by atoms with Gasteiger partial charge in [0, 0.05) is 12.1 Å². The van der Waals surface area contributed by atoms with E-state index in [4.69, 9.17) is 20.6 Å². The number of rotatable bonds is 6. The van der Waals surface area contributed by atoms with Gasteiger partial charge >= 0.3 is 0 Å². The van der Waals surface area contributed by atoms with Crippen LogP contribution >= 0.6 is 11.3 Å². The lowest BCUT2D eigenvalue weighted by atomic mass is 10.3. The van der Waals surface area contributed by atoms with Gasteiger partial charge in [-0.1, -0.05) is 35.5 Å². The van der Waals surface area contributed by atoms with E-state index in [1.54, 1.807) is 37.8 Å². The molecule has 0 aliphatic rings. The minimum atomic E-state index is -0.726. The van der Waals surface area contributed by atoms with Crippen LogP contribution in [-0.2, 0) is 11.3 Å². The number of methoxy groups -OCH3 is 2. The lowest BCUT2D eigenvalue weighted by Crippen LogP contribution is -2.26. The molecular weight excluding hydrogens is 376 g/mol. The molecule has 6 nitrogen and oxygen atoms in total. The molecule has 0 aliphatic carbocycles. The third-order valence-electron chi connectivity index (χ3n) is 4.05. The first-order valence-electron chi connectivity index (χ1n) is 8.56. The van der Waals surface area contributed by atoms with Crippen LogP contribution in [0.15, 0.2) is 47.5 Å². The molecule has 2 aromatic carbocycles. The average molecular weight is 396 g/mol. The SMILES string of the molecule is C#CCn1c(=NC(=O)C(C)Oc2ccccc2)sc2cc(OC)c(OC)cc21. The number of amides is 1. The average Bonchev–Trinajstić information content (AvgIpc) is 3.03. The number of aromatic nitrogens is 1. The summed E-state index contributed by atoms with van der Waals surface area (Å²) in [5, 5.41) is 0. The normalized spacial score (nSPS) is 12.4. The van der Waals surface area contributed by atoms with Gasteiger partial charge in [-0.2, -0.15) is 4.99 Å². The molecule has 1 amide bonds. The largest absolute Gasteiger partial charge is 0.493 e. The van der Waals surface area contributed by atoms with Gasteiger partial charge in [-0.3, -0.25) is 4.79 Å². The molecule has 0 saturated heterocycles. The molecule has 0 spiro atoms. The number of thiazole rings is 1. The van der Waals surface area contributed by atoms with E-state index in [0.717, 1.165) is 10.2 Å². The van der Waals surface area contributed by atoms with Crippen LogP contribution in [0, 0.1) is 12.3 Å². The number of terminal acetylenes is 1. The fourth-order valence-electron chi connectivity index (χ4n) is 2.66. The van der Waals surface area contributed by atoms with Crippen LogP contribution in [0.4, 0.5) is 0 Å². The number of hydrogen-bond acceptors (Lipinski definition) is 5. The maximum Gasteiger partial charge on any atom is 0.289 e. The quantitative estimate of drug-likeness (QED) is 0.600. The summed E-state index contributed by atoms with van der Waals surface area (Å²) in [6, 6.07) is 12.8. The van der Waals surface area contributed by atoms with E-state index in [-0.39, 0.29) is 12.5 Å². The Morgan fingerprint density at radius 2 is 1.89 bits per heavy atom. The van der Waals surface area contributed by atoms with E-state index >= 15 is 0 Å². The molecule has 1 heterocycles. The second-order valence-corrected chi connectivity index (χ2v) is 6.88. The second-order valence-electron chi connectivity index (χ2n) is 5.87. The van der Waals surface area contributed by atoms with Crippen molar-refractivity contribution in [2.45, 2.75) is 19.6 Å². The fraction of sp³-hybridized carbons (Fsp3) is 0.238. The standard InChI is InChI=1S/C21H20N2O4S/c1-5-11-23-16-12-17(25-3)18(26-4)13-19(16)28-21(23)22-20(24)14(2)27-15-9-7-6-8-10-15/h1,6-10,12-14H,11H2,2-4H3. The number of para-hydroxylation sites is 1. The predicted molar refractivity (Wildman–Crippen MR) is 109 cm³/mol. The van der Waals surface area contributed by atoms with E-state index in [1.807, 2.05) is 30.3 Å². The zero-order valence-corrected chi connectivity index (χ0v) is 16.7. The van der Waals surface area contributed by atoms with Crippen molar-refractivity contribution >= 4 is 27.5 Å². The summed E-state index contributed by atoms with van der Waals surface area (Å²) < 4.78 is 19.1. The molecule has 1 unspecified atom stereocenters. The summed E-state index contributed by atoms with van der Waals surface area (Å²) in [5.41, 5.74) is 0.823. The molecule has 3 aromatic rings. The number of benzene rings is 2. The van der Waals surface area contributed by atoms with Crippen LogP contribution in [-0.4, -0.2) is 30.8 Å². The highest BCUT2D eigenvalue weighted by molar-refractivity contribution is 7.16. The van der Waals surface area contributed by atoms with Gasteiger partial charge in [-0.05, 0) is 19.1 Å². The Hall–Kier alpha value is -3.24. The van der Waals surface area contributed by atoms with Crippen molar-refractivity contribution in [3.8, 4) is 29.6 Å². The monoisotopic (exact) mass is 396 g/mol. The van der Waals surface area contributed by atoms with Crippen molar-refractivity contribution in [2.75, 3.05) is 14.2 Å². The topological polar surface area (TPSA) is 62.1 Å². The van der Waals surface area contributed by atoms with Gasteiger partial charge < -0.3 is 18.8 Å². The summed E-state index contributed by atoms with van der Waals surface area (Å²) in [6.07, 6.45) is 4.80. The molecule has 0 radical (unpaired) electrons. The Morgan fingerprint density at radius 3 is 2.54 bits per heavy atom. The number of ether oxygens (including phenoxy) is 3. The Morgan fingerprint density at radius 1 is 1.21 bits per heavy atom. The molecule has 0 fully saturated rings. The minimum Gasteiger partial charge on any atom is -0.493 e. The molecule has 1 aromatic heterocycles. The first kappa shape index (κ1) is 19.5. The van der Waals surface area contributed by atoms with Crippen LogP contribution in [0.1, 0.15) is 6.92 Å². The van der Waals surface area contributed by atoms with Crippen LogP contribution < -0.4 is 19.0 Å². The minimum absolute atomic E-state index is 0.273. The third-order valence-corrected chi connectivity index (χ3v) is 5.09. The highest BCUT2D eigenvalue weighted by atomic mass is 32.1. The highest BCUT2D eigenvalue weighted by Crippen LogP contribution is 2.33. The molecule has 0 N–H and O–H groups in total. The molecule has 0 saturated carbocycles. The summed E-state index contributed by atoms with van der Waals surface area (Å²) in [5.74, 6) is 4.01. The summed E-state index contributed by atoms with van der Waals surface area (Å²) >= 11 is 1.35. The van der Waals surface area contributed by atoms with Crippen molar-refractivity contribution < 1.29 is 19.0 Å². The van der Waals surface area contributed by atoms with E-state index in [1.165, 1.54) is 11.3 Å². The third kappa shape index (κ3) is 4.02.